The van der Waals surface area contributed by atoms with E-state index < -0.39 is 11.5 Å². The minimum Gasteiger partial charge on any atom is -0.479 e. The number of aliphatic carboxylic acids is 1. The molecule has 2 rings (SSSR count). The van der Waals surface area contributed by atoms with Crippen LogP contribution in [0.5, 0.6) is 0 Å². The molecule has 0 aromatic carbocycles. The first kappa shape index (κ1) is 13.3. The molecule has 100 valence electrons. The van der Waals surface area contributed by atoms with Crippen LogP contribution < -0.4 is 4.90 Å². The fraction of sp³-hybridized carbons (Fsp3) is 0.500. The zero-order valence-electron chi connectivity index (χ0n) is 11.0. The van der Waals surface area contributed by atoms with Crippen LogP contribution in [0.25, 0.3) is 0 Å². The van der Waals surface area contributed by atoms with Crippen LogP contribution in [-0.2, 0) is 4.79 Å². The molecular formula is C14H17N3O2. The minimum atomic E-state index is -0.815. The van der Waals surface area contributed by atoms with Crippen molar-refractivity contribution in [2.24, 2.45) is 0 Å². The van der Waals surface area contributed by atoms with Crippen molar-refractivity contribution in [3.8, 4) is 6.07 Å². The molecule has 0 amide bonds. The van der Waals surface area contributed by atoms with Crippen molar-refractivity contribution in [2.75, 3.05) is 11.4 Å². The number of anilines is 1. The predicted octanol–water partition coefficient (Wildman–Crippen LogP) is 2.18. The maximum atomic E-state index is 11.7. The molecule has 1 aromatic heterocycles. The molecule has 1 N–H and O–H groups in total. The van der Waals surface area contributed by atoms with Crippen molar-refractivity contribution in [1.82, 2.24) is 4.98 Å². The van der Waals surface area contributed by atoms with Crippen molar-refractivity contribution in [3.63, 3.8) is 0 Å². The second kappa shape index (κ2) is 5.27. The molecule has 1 aromatic rings. The van der Waals surface area contributed by atoms with Crippen LogP contribution >= 0.6 is 0 Å². The van der Waals surface area contributed by atoms with Crippen LogP contribution in [0.1, 0.15) is 38.3 Å². The molecule has 5 heteroatoms. The van der Waals surface area contributed by atoms with Gasteiger partial charge in [-0.15, -0.1) is 0 Å². The van der Waals surface area contributed by atoms with E-state index in [1.807, 2.05) is 17.9 Å². The second-order valence-electron chi connectivity index (χ2n) is 4.86. The summed E-state index contributed by atoms with van der Waals surface area (Å²) in [6.07, 6.45) is 4.58. The van der Waals surface area contributed by atoms with Gasteiger partial charge in [0.2, 0.25) is 0 Å². The van der Waals surface area contributed by atoms with Gasteiger partial charge in [0, 0.05) is 6.54 Å². The Kier molecular flexibility index (Phi) is 3.70. The fourth-order valence-electron chi connectivity index (χ4n) is 2.87. The highest BCUT2D eigenvalue weighted by atomic mass is 16.4. The highest BCUT2D eigenvalue weighted by Gasteiger charge is 2.47. The first-order valence-electron chi connectivity index (χ1n) is 6.51. The summed E-state index contributed by atoms with van der Waals surface area (Å²) in [4.78, 5) is 17.7. The standard InChI is InChI=1S/C14H17N3O2/c1-2-6-14(13(18)19)7-3-8-17(14)12-5-4-11(9-15)16-10-12/h4-5,10H,2-3,6-8H2,1H3,(H,18,19). The molecule has 0 aliphatic carbocycles. The van der Waals surface area contributed by atoms with E-state index in [1.165, 1.54) is 0 Å². The molecule has 19 heavy (non-hydrogen) atoms. The molecule has 5 nitrogen and oxygen atoms in total. The van der Waals surface area contributed by atoms with Gasteiger partial charge in [0.15, 0.2) is 0 Å². The van der Waals surface area contributed by atoms with Crippen LogP contribution in [0.4, 0.5) is 5.69 Å². The number of hydrogen-bond donors (Lipinski definition) is 1. The molecule has 0 spiro atoms. The first-order chi connectivity index (χ1) is 9.14. The smallest absolute Gasteiger partial charge is 0.329 e. The van der Waals surface area contributed by atoms with Crippen molar-refractivity contribution in [2.45, 2.75) is 38.1 Å². The molecule has 2 heterocycles. The lowest BCUT2D eigenvalue weighted by Gasteiger charge is -2.36. The maximum absolute atomic E-state index is 11.7. The molecule has 0 saturated carbocycles. The fourth-order valence-corrected chi connectivity index (χ4v) is 2.87. The summed E-state index contributed by atoms with van der Waals surface area (Å²) in [5.41, 5.74) is 0.316. The first-order valence-corrected chi connectivity index (χ1v) is 6.51. The Balaban J connectivity index is 2.35. The van der Waals surface area contributed by atoms with E-state index in [0.29, 0.717) is 18.5 Å². The van der Waals surface area contributed by atoms with Gasteiger partial charge >= 0.3 is 5.97 Å². The van der Waals surface area contributed by atoms with E-state index in [0.717, 1.165) is 25.1 Å². The van der Waals surface area contributed by atoms with E-state index in [9.17, 15) is 9.90 Å². The third-order valence-corrected chi connectivity index (χ3v) is 3.72. The second-order valence-corrected chi connectivity index (χ2v) is 4.86. The number of hydrogen-bond acceptors (Lipinski definition) is 4. The number of nitriles is 1. The van der Waals surface area contributed by atoms with Crippen molar-refractivity contribution in [3.05, 3.63) is 24.0 Å². The number of pyridine rings is 1. The van der Waals surface area contributed by atoms with Crippen LogP contribution in [0, 0.1) is 11.3 Å². The lowest BCUT2D eigenvalue weighted by Crippen LogP contribution is -2.50. The van der Waals surface area contributed by atoms with E-state index in [2.05, 4.69) is 4.98 Å². The highest BCUT2D eigenvalue weighted by Crippen LogP contribution is 2.37. The lowest BCUT2D eigenvalue weighted by atomic mass is 9.90. The van der Waals surface area contributed by atoms with Gasteiger partial charge < -0.3 is 10.0 Å². The van der Waals surface area contributed by atoms with E-state index in [4.69, 9.17) is 5.26 Å². The number of carboxylic acids is 1. The topological polar surface area (TPSA) is 77.2 Å². The number of aromatic nitrogens is 1. The average Bonchev–Trinajstić information content (AvgIpc) is 2.84. The quantitative estimate of drug-likeness (QED) is 0.896. The normalized spacial score (nSPS) is 22.2. The number of rotatable bonds is 4. The highest BCUT2D eigenvalue weighted by molar-refractivity contribution is 5.84. The van der Waals surface area contributed by atoms with Gasteiger partial charge in [0.25, 0.3) is 0 Å². The van der Waals surface area contributed by atoms with Crippen LogP contribution in [-0.4, -0.2) is 28.1 Å². The van der Waals surface area contributed by atoms with Gasteiger partial charge in [-0.1, -0.05) is 13.3 Å². The molecule has 1 atom stereocenters. The molecule has 1 fully saturated rings. The third kappa shape index (κ3) is 2.26. The van der Waals surface area contributed by atoms with Crippen molar-refractivity contribution < 1.29 is 9.90 Å². The molecule has 1 unspecified atom stereocenters. The summed E-state index contributed by atoms with van der Waals surface area (Å²) >= 11 is 0. The summed E-state index contributed by atoms with van der Waals surface area (Å²) < 4.78 is 0. The number of nitrogens with zero attached hydrogens (tertiary/aromatic N) is 3. The Morgan fingerprint density at radius 1 is 1.63 bits per heavy atom. The Hall–Kier alpha value is -2.09. The Bertz CT molecular complexity index is 506. The Morgan fingerprint density at radius 3 is 2.95 bits per heavy atom. The van der Waals surface area contributed by atoms with Crippen LogP contribution in [0.3, 0.4) is 0 Å². The van der Waals surface area contributed by atoms with Gasteiger partial charge in [-0.3, -0.25) is 0 Å². The maximum Gasteiger partial charge on any atom is 0.329 e. The third-order valence-electron chi connectivity index (χ3n) is 3.72. The summed E-state index contributed by atoms with van der Waals surface area (Å²) in [5, 5.41) is 18.4. The van der Waals surface area contributed by atoms with E-state index in [1.54, 1.807) is 18.3 Å². The van der Waals surface area contributed by atoms with Gasteiger partial charge in [-0.05, 0) is 31.4 Å². The molecule has 0 radical (unpaired) electrons. The van der Waals surface area contributed by atoms with Crippen molar-refractivity contribution in [1.29, 1.82) is 5.26 Å². The van der Waals surface area contributed by atoms with Gasteiger partial charge in [0.1, 0.15) is 17.3 Å². The molecule has 1 saturated heterocycles. The van der Waals surface area contributed by atoms with Gasteiger partial charge in [-0.25, -0.2) is 9.78 Å². The zero-order chi connectivity index (χ0) is 13.9. The molecule has 1 aliphatic heterocycles. The molecule has 1 aliphatic rings. The summed E-state index contributed by atoms with van der Waals surface area (Å²) in [6, 6.07) is 5.38. The number of carboxylic acid groups (broad SMARTS) is 1. The Labute approximate surface area is 112 Å². The summed E-state index contributed by atoms with van der Waals surface area (Å²) in [5.74, 6) is -0.767. The number of carbonyl (C=O) groups is 1. The minimum absolute atomic E-state index is 0.347. The van der Waals surface area contributed by atoms with Gasteiger partial charge in [-0.2, -0.15) is 5.26 Å². The predicted molar refractivity (Wildman–Crippen MR) is 70.8 cm³/mol. The largest absolute Gasteiger partial charge is 0.479 e. The van der Waals surface area contributed by atoms with Gasteiger partial charge in [0.05, 0.1) is 11.9 Å². The molecular weight excluding hydrogens is 242 g/mol. The van der Waals surface area contributed by atoms with Crippen LogP contribution in [0.15, 0.2) is 18.3 Å². The SMILES string of the molecule is CCCC1(C(=O)O)CCCN1c1ccc(C#N)nc1. The average molecular weight is 259 g/mol. The monoisotopic (exact) mass is 259 g/mol. The lowest BCUT2D eigenvalue weighted by molar-refractivity contribution is -0.143. The van der Waals surface area contributed by atoms with E-state index in [-0.39, 0.29) is 0 Å². The summed E-state index contributed by atoms with van der Waals surface area (Å²) in [6.45, 7) is 2.72. The van der Waals surface area contributed by atoms with Crippen LogP contribution in [0.2, 0.25) is 0 Å². The molecule has 0 bridgehead atoms. The van der Waals surface area contributed by atoms with Crippen molar-refractivity contribution >= 4 is 11.7 Å². The van der Waals surface area contributed by atoms with E-state index >= 15 is 0 Å². The zero-order valence-corrected chi connectivity index (χ0v) is 11.0. The summed E-state index contributed by atoms with van der Waals surface area (Å²) in [7, 11) is 0. The Morgan fingerprint density at radius 2 is 2.42 bits per heavy atom.